The minimum Gasteiger partial charge on any atom is -0.373 e. The van der Waals surface area contributed by atoms with Crippen molar-refractivity contribution >= 4 is 23.4 Å². The van der Waals surface area contributed by atoms with Crippen LogP contribution in [-0.2, 0) is 10.5 Å². The highest BCUT2D eigenvalue weighted by atomic mass is 32.2. The van der Waals surface area contributed by atoms with Crippen LogP contribution in [0, 0.1) is 0 Å². The second kappa shape index (κ2) is 7.42. The zero-order valence-electron chi connectivity index (χ0n) is 17.8. The van der Waals surface area contributed by atoms with Gasteiger partial charge in [0.1, 0.15) is 22.4 Å². The smallest absolute Gasteiger partial charge is 0.373 e. The number of anilines is 1. The molecule has 32 heavy (non-hydrogen) atoms. The second-order valence-electron chi connectivity index (χ2n) is 8.11. The van der Waals surface area contributed by atoms with Gasteiger partial charge in [-0.25, -0.2) is 4.98 Å². The zero-order valence-corrected chi connectivity index (χ0v) is 18.7. The molecule has 3 aliphatic rings. The number of ether oxygens (including phenoxy) is 1. The van der Waals surface area contributed by atoms with Crippen molar-refractivity contribution in [3.63, 3.8) is 0 Å². The van der Waals surface area contributed by atoms with E-state index < -0.39 is 17.4 Å². The van der Waals surface area contributed by atoms with Crippen molar-refractivity contribution in [3.05, 3.63) is 83.2 Å². The van der Waals surface area contributed by atoms with Gasteiger partial charge in [0.2, 0.25) is 5.95 Å². The molecule has 2 aromatic rings. The Morgan fingerprint density at radius 3 is 2.62 bits per heavy atom. The molecule has 0 radical (unpaired) electrons. The van der Waals surface area contributed by atoms with E-state index in [0.29, 0.717) is 5.75 Å². The van der Waals surface area contributed by atoms with Gasteiger partial charge in [-0.15, -0.1) is 11.8 Å². The van der Waals surface area contributed by atoms with Crippen LogP contribution in [0.2, 0.25) is 0 Å². The third-order valence-electron chi connectivity index (χ3n) is 6.11. The molecular formula is C24H22F3N3OS. The SMILES string of the molecule is COC1C(C)=CC23C=CC=C(C(F)(F)F)N2c2ncc(SCc4ccccc4)n2C3=C1C. The Hall–Kier alpha value is -2.71. The number of nitrogens with zero attached hydrogens (tertiary/aromatic N) is 3. The highest BCUT2D eigenvalue weighted by Crippen LogP contribution is 2.55. The Bertz CT molecular complexity index is 1190. The Balaban J connectivity index is 1.68. The summed E-state index contributed by atoms with van der Waals surface area (Å²) in [6, 6.07) is 9.97. The molecule has 0 saturated carbocycles. The monoisotopic (exact) mass is 457 g/mol. The van der Waals surface area contributed by atoms with Crippen LogP contribution >= 0.6 is 11.8 Å². The molecule has 0 bridgehead atoms. The number of benzene rings is 1. The summed E-state index contributed by atoms with van der Waals surface area (Å²) in [7, 11) is 1.62. The number of hydrogen-bond acceptors (Lipinski definition) is 4. The van der Waals surface area contributed by atoms with Crippen molar-refractivity contribution in [2.75, 3.05) is 12.0 Å². The molecular weight excluding hydrogens is 435 g/mol. The van der Waals surface area contributed by atoms with Crippen LogP contribution in [0.25, 0.3) is 5.70 Å². The fraction of sp³-hybridized carbons (Fsp3) is 0.292. The van der Waals surface area contributed by atoms with Gasteiger partial charge in [-0.2, -0.15) is 13.2 Å². The van der Waals surface area contributed by atoms with Gasteiger partial charge in [0.05, 0.1) is 11.9 Å². The maximum Gasteiger partial charge on any atom is 0.431 e. The van der Waals surface area contributed by atoms with Gasteiger partial charge >= 0.3 is 6.18 Å². The number of allylic oxidation sites excluding steroid dienone is 3. The molecule has 8 heteroatoms. The molecule has 166 valence electrons. The first kappa shape index (κ1) is 21.2. The number of imidazole rings is 1. The van der Waals surface area contributed by atoms with Gasteiger partial charge in [0, 0.05) is 12.9 Å². The summed E-state index contributed by atoms with van der Waals surface area (Å²) in [5.74, 6) is 0.953. The quantitative estimate of drug-likeness (QED) is 0.419. The molecule has 0 saturated heterocycles. The maximum absolute atomic E-state index is 14.1. The number of fused-ring (bicyclic) bond motifs is 3. The first-order valence-corrected chi connectivity index (χ1v) is 11.2. The van der Waals surface area contributed by atoms with E-state index in [1.165, 1.54) is 11.0 Å². The lowest BCUT2D eigenvalue weighted by Gasteiger charge is -2.42. The summed E-state index contributed by atoms with van der Waals surface area (Å²) in [4.78, 5) is 5.79. The summed E-state index contributed by atoms with van der Waals surface area (Å²) in [6.45, 7) is 3.83. The molecule has 0 fully saturated rings. The van der Waals surface area contributed by atoms with Crippen LogP contribution in [0.5, 0.6) is 0 Å². The largest absolute Gasteiger partial charge is 0.431 e. The zero-order chi connectivity index (χ0) is 22.7. The number of rotatable bonds is 4. The maximum atomic E-state index is 14.1. The predicted octanol–water partition coefficient (Wildman–Crippen LogP) is 5.96. The van der Waals surface area contributed by atoms with E-state index in [1.54, 1.807) is 25.1 Å². The lowest BCUT2D eigenvalue weighted by molar-refractivity contribution is -0.0941. The van der Waals surface area contributed by atoms with Crippen LogP contribution in [0.3, 0.4) is 0 Å². The van der Waals surface area contributed by atoms with E-state index in [4.69, 9.17) is 4.74 Å². The number of thioether (sulfide) groups is 1. The average molecular weight is 458 g/mol. The molecule has 0 N–H and O–H groups in total. The highest BCUT2D eigenvalue weighted by molar-refractivity contribution is 7.98. The molecule has 4 nitrogen and oxygen atoms in total. The van der Waals surface area contributed by atoms with Gasteiger partial charge in [0.15, 0.2) is 0 Å². The van der Waals surface area contributed by atoms with Gasteiger partial charge in [-0.05, 0) is 48.8 Å². The molecule has 0 amide bonds. The normalized spacial score (nSPS) is 24.2. The average Bonchev–Trinajstić information content (AvgIpc) is 3.27. The Morgan fingerprint density at radius 1 is 1.19 bits per heavy atom. The van der Waals surface area contributed by atoms with Crippen molar-refractivity contribution in [2.24, 2.45) is 0 Å². The molecule has 2 atom stereocenters. The first-order chi connectivity index (χ1) is 15.3. The van der Waals surface area contributed by atoms with E-state index >= 15 is 0 Å². The fourth-order valence-electron chi connectivity index (χ4n) is 4.95. The summed E-state index contributed by atoms with van der Waals surface area (Å²) < 4.78 is 49.9. The number of alkyl halides is 3. The Kier molecular flexibility index (Phi) is 4.90. The van der Waals surface area contributed by atoms with Crippen LogP contribution in [-0.4, -0.2) is 34.5 Å². The van der Waals surface area contributed by atoms with Crippen LogP contribution < -0.4 is 4.90 Å². The van der Waals surface area contributed by atoms with Crippen LogP contribution in [0.4, 0.5) is 19.1 Å². The van der Waals surface area contributed by atoms with E-state index in [1.807, 2.05) is 60.9 Å². The highest BCUT2D eigenvalue weighted by Gasteiger charge is 2.57. The molecule has 1 aliphatic carbocycles. The van der Waals surface area contributed by atoms with Gasteiger partial charge < -0.3 is 4.74 Å². The summed E-state index contributed by atoms with van der Waals surface area (Å²) in [5, 5.41) is 0.796. The van der Waals surface area contributed by atoms with Crippen LogP contribution in [0.1, 0.15) is 19.4 Å². The fourth-order valence-corrected chi connectivity index (χ4v) is 5.88. The van der Waals surface area contributed by atoms with Gasteiger partial charge in [0.25, 0.3) is 0 Å². The molecule has 1 aromatic carbocycles. The predicted molar refractivity (Wildman–Crippen MR) is 120 cm³/mol. The molecule has 2 unspecified atom stereocenters. The van der Waals surface area contributed by atoms with Crippen LogP contribution in [0.15, 0.2) is 82.7 Å². The summed E-state index contributed by atoms with van der Waals surface area (Å²) >= 11 is 1.56. The Labute approximate surface area is 188 Å². The van der Waals surface area contributed by atoms with Crippen molar-refractivity contribution in [1.29, 1.82) is 0 Å². The summed E-state index contributed by atoms with van der Waals surface area (Å²) in [5.41, 5.74) is 1.82. The molecule has 3 heterocycles. The molecule has 1 spiro atoms. The van der Waals surface area contributed by atoms with Crippen molar-refractivity contribution in [1.82, 2.24) is 9.55 Å². The topological polar surface area (TPSA) is 30.3 Å². The second-order valence-corrected chi connectivity index (χ2v) is 9.11. The van der Waals surface area contributed by atoms with Crippen molar-refractivity contribution in [3.8, 4) is 0 Å². The van der Waals surface area contributed by atoms with E-state index in [2.05, 4.69) is 4.98 Å². The Morgan fingerprint density at radius 2 is 1.94 bits per heavy atom. The third kappa shape index (κ3) is 3.00. The van der Waals surface area contributed by atoms with E-state index in [9.17, 15) is 13.2 Å². The minimum atomic E-state index is -4.52. The third-order valence-corrected chi connectivity index (χ3v) is 7.17. The number of halogens is 3. The number of hydrogen-bond donors (Lipinski definition) is 0. The first-order valence-electron chi connectivity index (χ1n) is 10.2. The summed E-state index contributed by atoms with van der Waals surface area (Å²) in [6.07, 6.45) is 3.14. The lowest BCUT2D eigenvalue weighted by atomic mass is 9.79. The molecule has 1 aromatic heterocycles. The standard InChI is InChI=1S/C24H22F3N3OS/c1-15-12-23-11-7-10-18(24(25,26)27)30(23)22-28-13-19(32-14-17-8-5-4-6-9-17)29(22)21(23)16(2)20(15)31-3/h4-13,20H,14H2,1-3H3. The molecule has 5 rings (SSSR count). The molecule has 2 aliphatic heterocycles. The minimum absolute atomic E-state index is 0.267. The number of aromatic nitrogens is 2. The van der Waals surface area contributed by atoms with E-state index in [-0.39, 0.29) is 12.1 Å². The van der Waals surface area contributed by atoms with Gasteiger partial charge in [-0.1, -0.05) is 36.4 Å². The van der Waals surface area contributed by atoms with Crippen molar-refractivity contribution < 1.29 is 17.9 Å². The lowest BCUT2D eigenvalue weighted by Crippen LogP contribution is -2.50. The van der Waals surface area contributed by atoms with Gasteiger partial charge in [-0.3, -0.25) is 9.47 Å². The van der Waals surface area contributed by atoms with E-state index in [0.717, 1.165) is 33.5 Å². The number of methoxy groups -OCH3 is 1. The van der Waals surface area contributed by atoms with Crippen molar-refractivity contribution in [2.45, 2.75) is 42.4 Å².